The van der Waals surface area contributed by atoms with Crippen LogP contribution in [-0.2, 0) is 9.59 Å². The van der Waals surface area contributed by atoms with Crippen LogP contribution in [0.2, 0.25) is 0 Å². The summed E-state index contributed by atoms with van der Waals surface area (Å²) in [5.74, 6) is -0.449. The highest BCUT2D eigenvalue weighted by Crippen LogP contribution is 1.97. The third-order valence-electron chi connectivity index (χ3n) is 2.10. The molecule has 0 fully saturated rings. The molecule has 0 bridgehead atoms. The summed E-state index contributed by atoms with van der Waals surface area (Å²) in [6, 6.07) is 0. The van der Waals surface area contributed by atoms with Crippen LogP contribution in [0.5, 0.6) is 0 Å². The first-order valence-electron chi connectivity index (χ1n) is 5.24. The molecule has 0 aliphatic heterocycles. The summed E-state index contributed by atoms with van der Waals surface area (Å²) in [5, 5.41) is 2.71. The van der Waals surface area contributed by atoms with Crippen molar-refractivity contribution in [2.75, 3.05) is 26.7 Å². The van der Waals surface area contributed by atoms with Crippen molar-refractivity contribution in [1.29, 1.82) is 0 Å². The highest BCUT2D eigenvalue weighted by atomic mass is 16.2. The molecule has 0 heterocycles. The molecule has 0 saturated carbocycles. The number of likely N-dealkylation sites (N-methyl/N-ethyl adjacent to an activating group) is 1. The average molecular weight is 215 g/mol. The summed E-state index contributed by atoms with van der Waals surface area (Å²) in [7, 11) is 1.61. The van der Waals surface area contributed by atoms with Crippen LogP contribution >= 0.6 is 0 Å². The van der Waals surface area contributed by atoms with Crippen LogP contribution in [0.1, 0.15) is 20.3 Å². The van der Waals surface area contributed by atoms with Crippen LogP contribution in [-0.4, -0.2) is 43.4 Å². The maximum atomic E-state index is 11.5. The summed E-state index contributed by atoms with van der Waals surface area (Å²) in [5.41, 5.74) is 5.37. The molecular weight excluding hydrogens is 194 g/mol. The lowest BCUT2D eigenvalue weighted by molar-refractivity contribution is -0.137. The van der Waals surface area contributed by atoms with Gasteiger partial charge in [-0.05, 0) is 6.42 Å². The van der Waals surface area contributed by atoms with Gasteiger partial charge in [-0.15, -0.1) is 0 Å². The van der Waals surface area contributed by atoms with Crippen molar-refractivity contribution in [2.45, 2.75) is 20.3 Å². The Hall–Kier alpha value is -1.10. The molecule has 0 aromatic carbocycles. The maximum Gasteiger partial charge on any atom is 0.239 e. The first-order chi connectivity index (χ1) is 7.02. The van der Waals surface area contributed by atoms with Gasteiger partial charge in [-0.3, -0.25) is 9.59 Å². The molecule has 0 saturated heterocycles. The van der Waals surface area contributed by atoms with Crippen LogP contribution in [0.15, 0.2) is 0 Å². The van der Waals surface area contributed by atoms with E-state index in [1.165, 1.54) is 4.90 Å². The Bertz CT molecular complexity index is 219. The van der Waals surface area contributed by atoms with E-state index in [1.54, 1.807) is 14.0 Å². The number of hydrogen-bond donors (Lipinski definition) is 2. The fourth-order valence-corrected chi connectivity index (χ4v) is 1.09. The number of carbonyl (C=O) groups is 2. The molecule has 2 amide bonds. The van der Waals surface area contributed by atoms with Gasteiger partial charge in [0.1, 0.15) is 0 Å². The second kappa shape index (κ2) is 7.23. The van der Waals surface area contributed by atoms with E-state index in [-0.39, 0.29) is 24.3 Å². The topological polar surface area (TPSA) is 75.4 Å². The Balaban J connectivity index is 3.96. The predicted octanol–water partition coefficient (Wildman–Crippen LogP) is -0.434. The van der Waals surface area contributed by atoms with Gasteiger partial charge in [0.25, 0.3) is 0 Å². The Labute approximate surface area is 91.0 Å². The van der Waals surface area contributed by atoms with Gasteiger partial charge in [0.05, 0.1) is 6.54 Å². The molecule has 0 spiro atoms. The van der Waals surface area contributed by atoms with Gasteiger partial charge in [0.2, 0.25) is 11.8 Å². The Morgan fingerprint density at radius 2 is 2.07 bits per heavy atom. The molecule has 5 nitrogen and oxygen atoms in total. The van der Waals surface area contributed by atoms with Gasteiger partial charge in [0, 0.05) is 26.1 Å². The number of hydrogen-bond acceptors (Lipinski definition) is 3. The Morgan fingerprint density at radius 3 is 2.53 bits per heavy atom. The molecule has 3 N–H and O–H groups in total. The van der Waals surface area contributed by atoms with Crippen molar-refractivity contribution in [2.24, 2.45) is 11.7 Å². The lowest BCUT2D eigenvalue weighted by atomic mass is 10.1. The second-order valence-electron chi connectivity index (χ2n) is 3.68. The van der Waals surface area contributed by atoms with E-state index < -0.39 is 0 Å². The molecule has 0 rings (SSSR count). The molecule has 5 heteroatoms. The van der Waals surface area contributed by atoms with E-state index in [9.17, 15) is 9.59 Å². The van der Waals surface area contributed by atoms with Crippen molar-refractivity contribution in [1.82, 2.24) is 10.2 Å². The number of nitrogens with zero attached hydrogens (tertiary/aromatic N) is 1. The van der Waals surface area contributed by atoms with Crippen LogP contribution in [0, 0.1) is 5.92 Å². The Kier molecular flexibility index (Phi) is 6.70. The molecule has 0 radical (unpaired) electrons. The fourth-order valence-electron chi connectivity index (χ4n) is 1.09. The number of nitrogens with two attached hydrogens (primary N) is 1. The Morgan fingerprint density at radius 1 is 1.47 bits per heavy atom. The zero-order chi connectivity index (χ0) is 11.8. The third-order valence-corrected chi connectivity index (χ3v) is 2.10. The average Bonchev–Trinajstić information content (AvgIpc) is 2.23. The molecule has 0 aromatic rings. The normalized spacial score (nSPS) is 12.0. The van der Waals surface area contributed by atoms with Crippen molar-refractivity contribution in [3.05, 3.63) is 0 Å². The maximum absolute atomic E-state index is 11.5. The van der Waals surface area contributed by atoms with Crippen molar-refractivity contribution < 1.29 is 9.59 Å². The van der Waals surface area contributed by atoms with E-state index >= 15 is 0 Å². The van der Waals surface area contributed by atoms with Crippen molar-refractivity contribution in [3.63, 3.8) is 0 Å². The highest BCUT2D eigenvalue weighted by molar-refractivity contribution is 5.85. The molecule has 0 aliphatic carbocycles. The minimum absolute atomic E-state index is 0.0934. The van der Waals surface area contributed by atoms with E-state index in [0.29, 0.717) is 13.1 Å². The van der Waals surface area contributed by atoms with Gasteiger partial charge in [-0.25, -0.2) is 0 Å². The summed E-state index contributed by atoms with van der Waals surface area (Å²) < 4.78 is 0. The molecule has 1 unspecified atom stereocenters. The standard InChI is InChI=1S/C10H21N3O2/c1-4-5-12-9(14)7-13(3)10(15)8(2)6-11/h8H,4-7,11H2,1-3H3,(H,12,14). The third kappa shape index (κ3) is 5.37. The molecule has 88 valence electrons. The van der Waals surface area contributed by atoms with Gasteiger partial charge in [-0.1, -0.05) is 13.8 Å². The van der Waals surface area contributed by atoms with Crippen LogP contribution in [0.25, 0.3) is 0 Å². The first kappa shape index (κ1) is 13.9. The largest absolute Gasteiger partial charge is 0.355 e. The molecule has 0 aliphatic rings. The lowest BCUT2D eigenvalue weighted by Gasteiger charge is -2.19. The van der Waals surface area contributed by atoms with Crippen molar-refractivity contribution in [3.8, 4) is 0 Å². The van der Waals surface area contributed by atoms with Gasteiger partial charge in [-0.2, -0.15) is 0 Å². The molecule has 15 heavy (non-hydrogen) atoms. The summed E-state index contributed by atoms with van der Waals surface area (Å²) >= 11 is 0. The summed E-state index contributed by atoms with van der Waals surface area (Å²) in [6.07, 6.45) is 0.891. The lowest BCUT2D eigenvalue weighted by Crippen LogP contribution is -2.42. The molecular formula is C10H21N3O2. The van der Waals surface area contributed by atoms with Crippen LogP contribution in [0.3, 0.4) is 0 Å². The summed E-state index contributed by atoms with van der Waals surface area (Å²) in [4.78, 5) is 24.2. The number of nitrogens with one attached hydrogen (secondary N) is 1. The molecule has 0 aromatic heterocycles. The summed E-state index contributed by atoms with van der Waals surface area (Å²) in [6.45, 7) is 4.78. The van der Waals surface area contributed by atoms with Gasteiger partial charge < -0.3 is 16.0 Å². The number of carbonyl (C=O) groups excluding carboxylic acids is 2. The quantitative estimate of drug-likeness (QED) is 0.631. The van der Waals surface area contributed by atoms with E-state index in [0.717, 1.165) is 6.42 Å². The van der Waals surface area contributed by atoms with E-state index in [1.807, 2.05) is 6.92 Å². The zero-order valence-electron chi connectivity index (χ0n) is 9.75. The monoisotopic (exact) mass is 215 g/mol. The van der Waals surface area contributed by atoms with Gasteiger partial charge in [0.15, 0.2) is 0 Å². The minimum Gasteiger partial charge on any atom is -0.355 e. The SMILES string of the molecule is CCCNC(=O)CN(C)C(=O)C(C)CN. The first-order valence-corrected chi connectivity index (χ1v) is 5.24. The van der Waals surface area contributed by atoms with Crippen LogP contribution in [0.4, 0.5) is 0 Å². The number of rotatable bonds is 6. The fraction of sp³-hybridized carbons (Fsp3) is 0.800. The van der Waals surface area contributed by atoms with Gasteiger partial charge >= 0.3 is 0 Å². The smallest absolute Gasteiger partial charge is 0.239 e. The van der Waals surface area contributed by atoms with E-state index in [4.69, 9.17) is 5.73 Å². The highest BCUT2D eigenvalue weighted by Gasteiger charge is 2.17. The van der Waals surface area contributed by atoms with Crippen molar-refractivity contribution >= 4 is 11.8 Å². The molecule has 1 atom stereocenters. The minimum atomic E-state index is -0.228. The number of amides is 2. The predicted molar refractivity (Wildman–Crippen MR) is 59.2 cm³/mol. The van der Waals surface area contributed by atoms with Crippen LogP contribution < -0.4 is 11.1 Å². The second-order valence-corrected chi connectivity index (χ2v) is 3.68. The zero-order valence-corrected chi connectivity index (χ0v) is 9.75. The van der Waals surface area contributed by atoms with E-state index in [2.05, 4.69) is 5.32 Å².